The van der Waals surface area contributed by atoms with Crippen molar-refractivity contribution in [3.05, 3.63) is 23.8 Å². The van der Waals surface area contributed by atoms with E-state index in [-0.39, 0.29) is 5.91 Å². The van der Waals surface area contributed by atoms with Crippen LogP contribution < -0.4 is 15.4 Å². The van der Waals surface area contributed by atoms with Crippen molar-refractivity contribution >= 4 is 11.6 Å². The maximum absolute atomic E-state index is 11.6. The number of rotatable bonds is 2. The summed E-state index contributed by atoms with van der Waals surface area (Å²) in [5, 5.41) is 6.45. The highest BCUT2D eigenvalue weighted by Crippen LogP contribution is 2.31. The van der Waals surface area contributed by atoms with Crippen LogP contribution in [0.2, 0.25) is 0 Å². The second-order valence-corrected chi connectivity index (χ2v) is 5.43. The molecule has 0 bridgehead atoms. The van der Waals surface area contributed by atoms with Crippen LogP contribution in [0.25, 0.3) is 0 Å². The summed E-state index contributed by atoms with van der Waals surface area (Å²) < 4.78 is 5.56. The van der Waals surface area contributed by atoms with Crippen molar-refractivity contribution in [2.24, 2.45) is 0 Å². The number of fused-ring (bicyclic) bond motifs is 1. The molecule has 1 aromatic rings. The minimum atomic E-state index is -0.404. The van der Waals surface area contributed by atoms with Gasteiger partial charge in [0.05, 0.1) is 5.69 Å². The summed E-state index contributed by atoms with van der Waals surface area (Å²) in [5.74, 6) is 0.702. The third-order valence-corrected chi connectivity index (χ3v) is 3.87. The van der Waals surface area contributed by atoms with Gasteiger partial charge >= 0.3 is 0 Å². The minimum Gasteiger partial charge on any atom is -0.479 e. The number of carbonyl (C=O) groups excluding carboxylic acids is 1. The number of nitrogens with one attached hydrogen (secondary N) is 2. The van der Waals surface area contributed by atoms with Gasteiger partial charge in [-0.3, -0.25) is 4.79 Å². The van der Waals surface area contributed by atoms with Gasteiger partial charge in [-0.15, -0.1) is 0 Å². The fourth-order valence-corrected chi connectivity index (χ4v) is 2.77. The van der Waals surface area contributed by atoms with E-state index in [1.165, 1.54) is 24.8 Å². The first-order valence-electron chi connectivity index (χ1n) is 7.06. The number of benzene rings is 1. The molecule has 4 heteroatoms. The normalized spacial score (nSPS) is 26.3. The Labute approximate surface area is 113 Å². The lowest BCUT2D eigenvalue weighted by Gasteiger charge is -2.26. The topological polar surface area (TPSA) is 50.4 Å². The molecular weight excluding hydrogens is 240 g/mol. The molecule has 102 valence electrons. The third-order valence-electron chi connectivity index (χ3n) is 3.87. The lowest BCUT2D eigenvalue weighted by Crippen LogP contribution is -2.36. The smallest absolute Gasteiger partial charge is 0.265 e. The van der Waals surface area contributed by atoms with E-state index in [1.54, 1.807) is 6.92 Å². The van der Waals surface area contributed by atoms with Crippen LogP contribution in [0, 0.1) is 0 Å². The van der Waals surface area contributed by atoms with Crippen molar-refractivity contribution in [1.82, 2.24) is 5.32 Å². The first-order chi connectivity index (χ1) is 9.22. The average Bonchev–Trinajstić information content (AvgIpc) is 2.42. The van der Waals surface area contributed by atoms with E-state index in [0.29, 0.717) is 6.04 Å². The Balaban J connectivity index is 1.74. The number of piperidine rings is 1. The van der Waals surface area contributed by atoms with Crippen molar-refractivity contribution in [2.75, 3.05) is 11.9 Å². The Morgan fingerprint density at radius 2 is 2.26 bits per heavy atom. The molecule has 2 heterocycles. The highest BCUT2D eigenvalue weighted by Gasteiger charge is 2.23. The fraction of sp³-hybridized carbons (Fsp3) is 0.533. The van der Waals surface area contributed by atoms with Crippen molar-refractivity contribution in [2.45, 2.75) is 44.8 Å². The van der Waals surface area contributed by atoms with Gasteiger partial charge < -0.3 is 15.4 Å². The standard InChI is InChI=1S/C15H20N2O2/c1-10-15(18)17-13-9-11(5-6-14(13)19-10)8-12-4-2-3-7-16-12/h5-6,9-10,12,16H,2-4,7-8H2,1H3,(H,17,18). The monoisotopic (exact) mass is 260 g/mol. The molecular formula is C15H20N2O2. The van der Waals surface area contributed by atoms with Crippen LogP contribution in [0.15, 0.2) is 18.2 Å². The van der Waals surface area contributed by atoms with E-state index >= 15 is 0 Å². The zero-order chi connectivity index (χ0) is 13.2. The van der Waals surface area contributed by atoms with Crippen LogP contribution in [0.4, 0.5) is 5.69 Å². The molecule has 0 saturated carbocycles. The molecule has 1 saturated heterocycles. The molecule has 2 unspecified atom stereocenters. The van der Waals surface area contributed by atoms with Crippen molar-refractivity contribution < 1.29 is 9.53 Å². The van der Waals surface area contributed by atoms with Gasteiger partial charge in [0.1, 0.15) is 5.75 Å². The molecule has 1 aromatic carbocycles. The molecule has 2 atom stereocenters. The van der Waals surface area contributed by atoms with Crippen LogP contribution in [0.1, 0.15) is 31.7 Å². The Bertz CT molecular complexity index is 481. The van der Waals surface area contributed by atoms with E-state index in [9.17, 15) is 4.79 Å². The van der Waals surface area contributed by atoms with Gasteiger partial charge in [0.15, 0.2) is 6.10 Å². The molecule has 2 N–H and O–H groups in total. The van der Waals surface area contributed by atoms with E-state index in [0.717, 1.165) is 24.4 Å². The van der Waals surface area contributed by atoms with E-state index in [4.69, 9.17) is 4.74 Å². The number of hydrogen-bond acceptors (Lipinski definition) is 3. The average molecular weight is 260 g/mol. The summed E-state index contributed by atoms with van der Waals surface area (Å²) in [5.41, 5.74) is 2.05. The van der Waals surface area contributed by atoms with Crippen LogP contribution >= 0.6 is 0 Å². The molecule has 1 fully saturated rings. The van der Waals surface area contributed by atoms with Crippen LogP contribution in [0.5, 0.6) is 5.75 Å². The van der Waals surface area contributed by atoms with Gasteiger partial charge in [0.25, 0.3) is 5.91 Å². The SMILES string of the molecule is CC1Oc2ccc(CC3CCCCN3)cc2NC1=O. The molecule has 1 amide bonds. The van der Waals surface area contributed by atoms with Gasteiger partial charge in [-0.2, -0.15) is 0 Å². The molecule has 2 aliphatic heterocycles. The Morgan fingerprint density at radius 3 is 3.05 bits per heavy atom. The predicted molar refractivity (Wildman–Crippen MR) is 74.5 cm³/mol. The summed E-state index contributed by atoms with van der Waals surface area (Å²) in [6.45, 7) is 2.88. The highest BCUT2D eigenvalue weighted by atomic mass is 16.5. The zero-order valence-electron chi connectivity index (χ0n) is 11.2. The zero-order valence-corrected chi connectivity index (χ0v) is 11.2. The molecule has 0 spiro atoms. The summed E-state index contributed by atoms with van der Waals surface area (Å²) in [6, 6.07) is 6.66. The van der Waals surface area contributed by atoms with Gasteiger partial charge in [-0.05, 0) is 50.4 Å². The fourth-order valence-electron chi connectivity index (χ4n) is 2.77. The Morgan fingerprint density at radius 1 is 1.37 bits per heavy atom. The summed E-state index contributed by atoms with van der Waals surface area (Å²) >= 11 is 0. The highest BCUT2D eigenvalue weighted by molar-refractivity contribution is 5.97. The minimum absolute atomic E-state index is 0.0690. The largest absolute Gasteiger partial charge is 0.479 e. The Kier molecular flexibility index (Phi) is 3.42. The summed E-state index contributed by atoms with van der Waals surface area (Å²) in [4.78, 5) is 11.6. The van der Waals surface area contributed by atoms with Crippen LogP contribution in [-0.4, -0.2) is 24.6 Å². The van der Waals surface area contributed by atoms with E-state index < -0.39 is 6.10 Å². The molecule has 0 aliphatic carbocycles. The number of amides is 1. The van der Waals surface area contributed by atoms with Crippen LogP contribution in [-0.2, 0) is 11.2 Å². The molecule has 3 rings (SSSR count). The summed E-state index contributed by atoms with van der Waals surface area (Å²) in [6.07, 6.45) is 4.43. The first-order valence-corrected chi connectivity index (χ1v) is 7.06. The lowest BCUT2D eigenvalue weighted by atomic mass is 9.97. The number of ether oxygens (including phenoxy) is 1. The molecule has 4 nitrogen and oxygen atoms in total. The second kappa shape index (κ2) is 5.21. The summed E-state index contributed by atoms with van der Waals surface area (Å²) in [7, 11) is 0. The maximum atomic E-state index is 11.6. The Hall–Kier alpha value is -1.55. The van der Waals surface area contributed by atoms with Gasteiger partial charge in [0, 0.05) is 6.04 Å². The second-order valence-electron chi connectivity index (χ2n) is 5.43. The van der Waals surface area contributed by atoms with Gasteiger partial charge in [-0.1, -0.05) is 12.5 Å². The van der Waals surface area contributed by atoms with Gasteiger partial charge in [0.2, 0.25) is 0 Å². The van der Waals surface area contributed by atoms with Gasteiger partial charge in [-0.25, -0.2) is 0 Å². The van der Waals surface area contributed by atoms with Crippen molar-refractivity contribution in [3.63, 3.8) is 0 Å². The quantitative estimate of drug-likeness (QED) is 0.856. The number of hydrogen-bond donors (Lipinski definition) is 2. The lowest BCUT2D eigenvalue weighted by molar-refractivity contribution is -0.122. The maximum Gasteiger partial charge on any atom is 0.265 e. The molecule has 19 heavy (non-hydrogen) atoms. The van der Waals surface area contributed by atoms with E-state index in [2.05, 4.69) is 16.7 Å². The molecule has 0 aromatic heterocycles. The molecule has 0 radical (unpaired) electrons. The third kappa shape index (κ3) is 2.73. The van der Waals surface area contributed by atoms with Crippen molar-refractivity contribution in [3.8, 4) is 5.75 Å². The molecule has 2 aliphatic rings. The number of anilines is 1. The predicted octanol–water partition coefficient (Wildman–Crippen LogP) is 2.09. The van der Waals surface area contributed by atoms with Crippen LogP contribution in [0.3, 0.4) is 0 Å². The van der Waals surface area contributed by atoms with Crippen molar-refractivity contribution in [1.29, 1.82) is 0 Å². The first kappa shape index (κ1) is 12.5. The number of carbonyl (C=O) groups is 1. The van der Waals surface area contributed by atoms with E-state index in [1.807, 2.05) is 12.1 Å².